The first-order chi connectivity index (χ1) is 11.5. The smallest absolute Gasteiger partial charge is 0.240 e. The molecule has 0 aliphatic carbocycles. The Morgan fingerprint density at radius 1 is 1.12 bits per heavy atom. The SMILES string of the molecule is Cc1cccc(S(=O)(=O)NCc2cc(-c3ccncc3)n(C)n2)c1. The summed E-state index contributed by atoms with van der Waals surface area (Å²) in [7, 11) is -1.73. The zero-order valence-electron chi connectivity index (χ0n) is 13.5. The van der Waals surface area contributed by atoms with Crippen LogP contribution in [0.4, 0.5) is 0 Å². The molecule has 0 spiro atoms. The highest BCUT2D eigenvalue weighted by atomic mass is 32.2. The fourth-order valence-corrected chi connectivity index (χ4v) is 3.54. The Kier molecular flexibility index (Phi) is 4.46. The predicted octanol–water partition coefficient (Wildman–Crippen LogP) is 2.27. The molecule has 0 saturated heterocycles. The van der Waals surface area contributed by atoms with E-state index >= 15 is 0 Å². The van der Waals surface area contributed by atoms with Crippen LogP contribution in [0.25, 0.3) is 11.3 Å². The minimum atomic E-state index is -3.56. The quantitative estimate of drug-likeness (QED) is 0.772. The molecule has 0 unspecified atom stereocenters. The lowest BCUT2D eigenvalue weighted by Crippen LogP contribution is -2.23. The Morgan fingerprint density at radius 3 is 2.58 bits per heavy atom. The highest BCUT2D eigenvalue weighted by Gasteiger charge is 2.15. The number of aromatic nitrogens is 3. The maximum atomic E-state index is 12.4. The third kappa shape index (κ3) is 3.52. The van der Waals surface area contributed by atoms with Gasteiger partial charge in [-0.05, 0) is 42.8 Å². The van der Waals surface area contributed by atoms with Crippen LogP contribution in [0.5, 0.6) is 0 Å². The van der Waals surface area contributed by atoms with Gasteiger partial charge in [0.15, 0.2) is 0 Å². The fourth-order valence-electron chi connectivity index (χ4n) is 2.44. The lowest BCUT2D eigenvalue weighted by atomic mass is 10.2. The van der Waals surface area contributed by atoms with Crippen molar-refractivity contribution in [2.45, 2.75) is 18.4 Å². The third-order valence-electron chi connectivity index (χ3n) is 3.65. The summed E-state index contributed by atoms with van der Waals surface area (Å²) in [6, 6.07) is 12.5. The summed E-state index contributed by atoms with van der Waals surface area (Å²) < 4.78 is 29.1. The molecular formula is C17H18N4O2S. The van der Waals surface area contributed by atoms with Crippen LogP contribution in [0.1, 0.15) is 11.3 Å². The topological polar surface area (TPSA) is 76.9 Å². The summed E-state index contributed by atoms with van der Waals surface area (Å²) in [5.74, 6) is 0. The zero-order valence-corrected chi connectivity index (χ0v) is 14.3. The summed E-state index contributed by atoms with van der Waals surface area (Å²) in [6.07, 6.45) is 3.42. The summed E-state index contributed by atoms with van der Waals surface area (Å²) >= 11 is 0. The van der Waals surface area contributed by atoms with Crippen molar-refractivity contribution in [3.63, 3.8) is 0 Å². The van der Waals surface area contributed by atoms with Gasteiger partial charge in [-0.25, -0.2) is 13.1 Å². The van der Waals surface area contributed by atoms with Gasteiger partial charge in [0.2, 0.25) is 10.0 Å². The average molecular weight is 342 g/mol. The van der Waals surface area contributed by atoms with Crippen molar-refractivity contribution in [1.82, 2.24) is 19.5 Å². The molecule has 2 aromatic heterocycles. The Labute approximate surface area is 141 Å². The van der Waals surface area contributed by atoms with E-state index in [1.54, 1.807) is 35.3 Å². The monoisotopic (exact) mass is 342 g/mol. The van der Waals surface area contributed by atoms with Crippen molar-refractivity contribution in [1.29, 1.82) is 0 Å². The fraction of sp³-hybridized carbons (Fsp3) is 0.176. The molecule has 0 bridgehead atoms. The molecule has 0 fully saturated rings. The van der Waals surface area contributed by atoms with E-state index in [9.17, 15) is 8.42 Å². The number of sulfonamides is 1. The summed E-state index contributed by atoms with van der Waals surface area (Å²) in [4.78, 5) is 4.25. The van der Waals surface area contributed by atoms with Gasteiger partial charge in [-0.1, -0.05) is 12.1 Å². The van der Waals surface area contributed by atoms with Crippen LogP contribution in [-0.4, -0.2) is 23.2 Å². The van der Waals surface area contributed by atoms with E-state index in [1.807, 2.05) is 38.2 Å². The van der Waals surface area contributed by atoms with Crippen LogP contribution in [0.15, 0.2) is 59.8 Å². The molecule has 0 aliphatic heterocycles. The number of benzene rings is 1. The van der Waals surface area contributed by atoms with E-state index in [1.165, 1.54) is 0 Å². The molecule has 24 heavy (non-hydrogen) atoms. The zero-order chi connectivity index (χ0) is 17.2. The van der Waals surface area contributed by atoms with Gasteiger partial charge in [-0.15, -0.1) is 0 Å². The number of nitrogens with zero attached hydrogens (tertiary/aromatic N) is 3. The minimum absolute atomic E-state index is 0.134. The molecule has 1 aromatic carbocycles. The van der Waals surface area contributed by atoms with E-state index in [0.29, 0.717) is 5.69 Å². The van der Waals surface area contributed by atoms with Crippen molar-refractivity contribution in [3.05, 3.63) is 66.1 Å². The molecule has 3 aromatic rings. The molecule has 7 heteroatoms. The van der Waals surface area contributed by atoms with Crippen LogP contribution in [-0.2, 0) is 23.6 Å². The molecule has 3 rings (SSSR count). The Balaban J connectivity index is 1.78. The number of aryl methyl sites for hydroxylation is 2. The molecule has 124 valence electrons. The van der Waals surface area contributed by atoms with Crippen molar-refractivity contribution in [2.24, 2.45) is 7.05 Å². The molecule has 0 atom stereocenters. The first kappa shape index (κ1) is 16.4. The molecule has 0 aliphatic rings. The number of hydrogen-bond donors (Lipinski definition) is 1. The van der Waals surface area contributed by atoms with Gasteiger partial charge in [0.05, 0.1) is 22.8 Å². The normalized spacial score (nSPS) is 11.6. The largest absolute Gasteiger partial charge is 0.268 e. The van der Waals surface area contributed by atoms with Crippen molar-refractivity contribution < 1.29 is 8.42 Å². The van der Waals surface area contributed by atoms with Gasteiger partial charge in [-0.3, -0.25) is 9.67 Å². The maximum absolute atomic E-state index is 12.4. The Bertz CT molecular complexity index is 950. The molecular weight excluding hydrogens is 324 g/mol. The number of pyridine rings is 1. The summed E-state index contributed by atoms with van der Waals surface area (Å²) in [6.45, 7) is 1.99. The Morgan fingerprint density at radius 2 is 1.88 bits per heavy atom. The standard InChI is InChI=1S/C17H18N4O2S/c1-13-4-3-5-16(10-13)24(22,23)19-12-15-11-17(21(2)20-15)14-6-8-18-9-7-14/h3-11,19H,12H2,1-2H3. The van der Waals surface area contributed by atoms with Gasteiger partial charge in [0.25, 0.3) is 0 Å². The highest BCUT2D eigenvalue weighted by molar-refractivity contribution is 7.89. The second-order valence-electron chi connectivity index (χ2n) is 5.52. The van der Waals surface area contributed by atoms with E-state index in [-0.39, 0.29) is 11.4 Å². The van der Waals surface area contributed by atoms with E-state index < -0.39 is 10.0 Å². The van der Waals surface area contributed by atoms with E-state index in [2.05, 4.69) is 14.8 Å². The van der Waals surface area contributed by atoms with Crippen molar-refractivity contribution >= 4 is 10.0 Å². The predicted molar refractivity (Wildman–Crippen MR) is 91.6 cm³/mol. The van der Waals surface area contributed by atoms with E-state index in [4.69, 9.17) is 0 Å². The number of rotatable bonds is 5. The molecule has 1 N–H and O–H groups in total. The number of nitrogens with one attached hydrogen (secondary N) is 1. The van der Waals surface area contributed by atoms with Crippen LogP contribution in [0.3, 0.4) is 0 Å². The molecule has 0 amide bonds. The molecule has 2 heterocycles. The van der Waals surface area contributed by atoms with Crippen molar-refractivity contribution in [3.8, 4) is 11.3 Å². The van der Waals surface area contributed by atoms with Gasteiger partial charge in [-0.2, -0.15) is 5.10 Å². The average Bonchev–Trinajstić information content (AvgIpc) is 2.95. The number of hydrogen-bond acceptors (Lipinski definition) is 4. The lowest BCUT2D eigenvalue weighted by molar-refractivity contribution is 0.579. The van der Waals surface area contributed by atoms with Gasteiger partial charge in [0.1, 0.15) is 0 Å². The first-order valence-electron chi connectivity index (χ1n) is 7.45. The Hall–Kier alpha value is -2.51. The van der Waals surface area contributed by atoms with Gasteiger partial charge >= 0.3 is 0 Å². The summed E-state index contributed by atoms with van der Waals surface area (Å²) in [5.41, 5.74) is 3.44. The van der Waals surface area contributed by atoms with Crippen LogP contribution >= 0.6 is 0 Å². The van der Waals surface area contributed by atoms with Crippen LogP contribution in [0, 0.1) is 6.92 Å². The van der Waals surface area contributed by atoms with Crippen LogP contribution < -0.4 is 4.72 Å². The summed E-state index contributed by atoms with van der Waals surface area (Å²) in [5, 5.41) is 4.37. The second-order valence-corrected chi connectivity index (χ2v) is 7.29. The van der Waals surface area contributed by atoms with Crippen molar-refractivity contribution in [2.75, 3.05) is 0 Å². The minimum Gasteiger partial charge on any atom is -0.268 e. The lowest BCUT2D eigenvalue weighted by Gasteiger charge is -2.05. The molecule has 6 nitrogen and oxygen atoms in total. The first-order valence-corrected chi connectivity index (χ1v) is 8.94. The van der Waals surface area contributed by atoms with Gasteiger partial charge < -0.3 is 0 Å². The third-order valence-corrected chi connectivity index (χ3v) is 5.05. The molecule has 0 radical (unpaired) electrons. The highest BCUT2D eigenvalue weighted by Crippen LogP contribution is 2.19. The van der Waals surface area contributed by atoms with Crippen LogP contribution in [0.2, 0.25) is 0 Å². The molecule has 0 saturated carbocycles. The van der Waals surface area contributed by atoms with Gasteiger partial charge in [0, 0.05) is 25.0 Å². The second kappa shape index (κ2) is 6.54. The maximum Gasteiger partial charge on any atom is 0.240 e. The van der Waals surface area contributed by atoms with E-state index in [0.717, 1.165) is 16.8 Å².